The van der Waals surface area contributed by atoms with Gasteiger partial charge in [0.15, 0.2) is 5.82 Å². The summed E-state index contributed by atoms with van der Waals surface area (Å²) in [6, 6.07) is 15.2. The molecule has 0 aliphatic carbocycles. The van der Waals surface area contributed by atoms with Gasteiger partial charge in [0, 0.05) is 27.5 Å². The standard InChI is InChI=1S/C19H12BrN5S/c20-15-5-2-6-23-16(15)9-13-8-14-17(22)24-18(25-19(14)26-13)12-4-1-3-11(7-12)10-21/h1-8H,9H2,(H2,22,24,25). The molecule has 0 saturated carbocycles. The van der Waals surface area contributed by atoms with Gasteiger partial charge in [0.25, 0.3) is 0 Å². The first-order chi connectivity index (χ1) is 12.6. The van der Waals surface area contributed by atoms with Crippen molar-refractivity contribution in [1.82, 2.24) is 15.0 Å². The number of fused-ring (bicyclic) bond motifs is 1. The van der Waals surface area contributed by atoms with E-state index in [-0.39, 0.29) is 0 Å². The number of halogens is 1. The van der Waals surface area contributed by atoms with Crippen molar-refractivity contribution in [3.05, 3.63) is 69.3 Å². The Balaban J connectivity index is 1.76. The second-order valence-corrected chi connectivity index (χ2v) is 7.63. The summed E-state index contributed by atoms with van der Waals surface area (Å²) in [6.07, 6.45) is 2.48. The molecule has 0 atom stereocenters. The molecule has 26 heavy (non-hydrogen) atoms. The molecule has 3 heterocycles. The van der Waals surface area contributed by atoms with E-state index in [4.69, 9.17) is 11.0 Å². The lowest BCUT2D eigenvalue weighted by molar-refractivity contribution is 1.08. The summed E-state index contributed by atoms with van der Waals surface area (Å²) in [5.41, 5.74) is 8.48. The molecule has 7 heteroatoms. The van der Waals surface area contributed by atoms with Crippen molar-refractivity contribution in [3.8, 4) is 17.5 Å². The number of nitrogens with zero attached hydrogens (tertiary/aromatic N) is 4. The fourth-order valence-corrected chi connectivity index (χ4v) is 4.09. The van der Waals surface area contributed by atoms with Crippen LogP contribution < -0.4 is 5.73 Å². The molecule has 0 bridgehead atoms. The summed E-state index contributed by atoms with van der Waals surface area (Å²) in [6.45, 7) is 0. The predicted molar refractivity (Wildman–Crippen MR) is 107 cm³/mol. The van der Waals surface area contributed by atoms with E-state index in [1.54, 1.807) is 29.7 Å². The molecule has 4 rings (SSSR count). The average Bonchev–Trinajstić information content (AvgIpc) is 3.07. The highest BCUT2D eigenvalue weighted by atomic mass is 79.9. The number of hydrogen-bond donors (Lipinski definition) is 1. The molecule has 0 unspecified atom stereocenters. The molecule has 126 valence electrons. The molecular weight excluding hydrogens is 410 g/mol. The fourth-order valence-electron chi connectivity index (χ4n) is 2.65. The van der Waals surface area contributed by atoms with Gasteiger partial charge in [-0.15, -0.1) is 11.3 Å². The number of thiophene rings is 1. The minimum atomic E-state index is 0.440. The van der Waals surface area contributed by atoms with E-state index in [2.05, 4.69) is 37.0 Å². The van der Waals surface area contributed by atoms with Crippen LogP contribution in [-0.2, 0) is 6.42 Å². The largest absolute Gasteiger partial charge is 0.383 e. The molecular formula is C19H12BrN5S. The Morgan fingerprint density at radius 3 is 2.85 bits per heavy atom. The topological polar surface area (TPSA) is 88.5 Å². The van der Waals surface area contributed by atoms with Crippen molar-refractivity contribution < 1.29 is 0 Å². The van der Waals surface area contributed by atoms with Gasteiger partial charge < -0.3 is 5.73 Å². The summed E-state index contributed by atoms with van der Waals surface area (Å²) in [4.78, 5) is 15.4. The molecule has 0 fully saturated rings. The van der Waals surface area contributed by atoms with Crippen LogP contribution in [0, 0.1) is 11.3 Å². The number of aromatic nitrogens is 3. The van der Waals surface area contributed by atoms with Gasteiger partial charge in [-0.3, -0.25) is 4.98 Å². The minimum Gasteiger partial charge on any atom is -0.383 e. The van der Waals surface area contributed by atoms with Crippen molar-refractivity contribution >= 4 is 43.3 Å². The summed E-state index contributed by atoms with van der Waals surface area (Å²) in [5, 5.41) is 9.92. The van der Waals surface area contributed by atoms with E-state index >= 15 is 0 Å². The molecule has 0 aliphatic rings. The second kappa shape index (κ2) is 6.83. The van der Waals surface area contributed by atoms with Gasteiger partial charge in [-0.2, -0.15) is 5.26 Å². The Hall–Kier alpha value is -2.82. The SMILES string of the molecule is N#Cc1cccc(-c2nc(N)c3cc(Cc4ncccc4Br)sc3n2)c1. The van der Waals surface area contributed by atoms with Gasteiger partial charge >= 0.3 is 0 Å². The molecule has 2 N–H and O–H groups in total. The number of rotatable bonds is 3. The average molecular weight is 422 g/mol. The number of hydrogen-bond acceptors (Lipinski definition) is 6. The van der Waals surface area contributed by atoms with Crippen molar-refractivity contribution in [3.63, 3.8) is 0 Å². The highest BCUT2D eigenvalue weighted by Crippen LogP contribution is 2.32. The van der Waals surface area contributed by atoms with E-state index in [0.717, 1.165) is 30.8 Å². The van der Waals surface area contributed by atoms with Gasteiger partial charge in [0.2, 0.25) is 0 Å². The monoisotopic (exact) mass is 421 g/mol. The van der Waals surface area contributed by atoms with Gasteiger partial charge in [0.1, 0.15) is 10.6 Å². The molecule has 0 spiro atoms. The van der Waals surface area contributed by atoms with E-state index < -0.39 is 0 Å². The van der Waals surface area contributed by atoms with Gasteiger partial charge in [-0.25, -0.2) is 9.97 Å². The number of anilines is 1. The van der Waals surface area contributed by atoms with E-state index in [9.17, 15) is 0 Å². The summed E-state index contributed by atoms with van der Waals surface area (Å²) < 4.78 is 0.977. The van der Waals surface area contributed by atoms with Crippen LogP contribution in [0.15, 0.2) is 53.1 Å². The molecule has 0 aliphatic heterocycles. The molecule has 4 aromatic rings. The first kappa shape index (κ1) is 16.6. The maximum atomic E-state index is 9.08. The first-order valence-corrected chi connectivity index (χ1v) is 9.41. The molecule has 0 radical (unpaired) electrons. The zero-order valence-electron chi connectivity index (χ0n) is 13.5. The lowest BCUT2D eigenvalue weighted by Crippen LogP contribution is -1.96. The van der Waals surface area contributed by atoms with Crippen LogP contribution >= 0.6 is 27.3 Å². The van der Waals surface area contributed by atoms with Crippen LogP contribution in [-0.4, -0.2) is 15.0 Å². The van der Waals surface area contributed by atoms with Crippen molar-refractivity contribution in [1.29, 1.82) is 5.26 Å². The van der Waals surface area contributed by atoms with Crippen molar-refractivity contribution in [2.45, 2.75) is 6.42 Å². The Morgan fingerprint density at radius 2 is 2.04 bits per heavy atom. The smallest absolute Gasteiger partial charge is 0.163 e. The summed E-state index contributed by atoms with van der Waals surface area (Å²) in [5.74, 6) is 0.967. The Kier molecular flexibility index (Phi) is 4.37. The minimum absolute atomic E-state index is 0.440. The number of nitrogen functional groups attached to an aromatic ring is 1. The van der Waals surface area contributed by atoms with Crippen LogP contribution in [0.2, 0.25) is 0 Å². The first-order valence-electron chi connectivity index (χ1n) is 7.80. The van der Waals surface area contributed by atoms with Crippen LogP contribution in [0.1, 0.15) is 16.1 Å². The summed E-state index contributed by atoms with van der Waals surface area (Å²) >= 11 is 5.11. The highest BCUT2D eigenvalue weighted by molar-refractivity contribution is 9.10. The number of pyridine rings is 1. The van der Waals surface area contributed by atoms with Crippen molar-refractivity contribution in [2.75, 3.05) is 5.73 Å². The van der Waals surface area contributed by atoms with E-state index in [0.29, 0.717) is 23.6 Å². The summed E-state index contributed by atoms with van der Waals surface area (Å²) in [7, 11) is 0. The molecule has 0 amide bonds. The van der Waals surface area contributed by atoms with Crippen LogP contribution in [0.3, 0.4) is 0 Å². The molecule has 0 saturated heterocycles. The zero-order valence-corrected chi connectivity index (χ0v) is 15.9. The second-order valence-electron chi connectivity index (χ2n) is 5.67. The predicted octanol–water partition coefficient (Wildman–Crippen LogP) is 4.56. The van der Waals surface area contributed by atoms with E-state index in [1.165, 1.54) is 0 Å². The maximum absolute atomic E-state index is 9.08. The third-order valence-electron chi connectivity index (χ3n) is 3.90. The Morgan fingerprint density at radius 1 is 1.15 bits per heavy atom. The van der Waals surface area contributed by atoms with Crippen LogP contribution in [0.5, 0.6) is 0 Å². The number of nitrogens with two attached hydrogens (primary N) is 1. The Labute approximate surface area is 162 Å². The molecule has 5 nitrogen and oxygen atoms in total. The normalized spacial score (nSPS) is 10.8. The third kappa shape index (κ3) is 3.17. The van der Waals surface area contributed by atoms with Crippen LogP contribution in [0.25, 0.3) is 21.6 Å². The maximum Gasteiger partial charge on any atom is 0.163 e. The van der Waals surface area contributed by atoms with Gasteiger partial charge in [-0.05, 0) is 46.3 Å². The highest BCUT2D eigenvalue weighted by Gasteiger charge is 2.13. The van der Waals surface area contributed by atoms with Crippen molar-refractivity contribution in [2.24, 2.45) is 0 Å². The molecule has 1 aromatic carbocycles. The third-order valence-corrected chi connectivity index (χ3v) is 5.65. The van der Waals surface area contributed by atoms with E-state index in [1.807, 2.05) is 30.3 Å². The number of nitriles is 1. The number of benzene rings is 1. The fraction of sp³-hybridized carbons (Fsp3) is 0.0526. The molecule has 3 aromatic heterocycles. The Bertz CT molecular complexity index is 1160. The van der Waals surface area contributed by atoms with Crippen LogP contribution in [0.4, 0.5) is 5.82 Å². The quantitative estimate of drug-likeness (QED) is 0.523. The van der Waals surface area contributed by atoms with Gasteiger partial charge in [-0.1, -0.05) is 12.1 Å². The lowest BCUT2D eigenvalue weighted by atomic mass is 10.1. The lowest BCUT2D eigenvalue weighted by Gasteiger charge is -2.02. The zero-order chi connectivity index (χ0) is 18.1. The van der Waals surface area contributed by atoms with Gasteiger partial charge in [0.05, 0.1) is 22.7 Å².